The maximum absolute atomic E-state index is 14.3. The van der Waals surface area contributed by atoms with Gasteiger partial charge in [-0.1, -0.05) is 6.07 Å². The zero-order chi connectivity index (χ0) is 18.5. The monoisotopic (exact) mass is 487 g/mol. The number of nitrogens with zero attached hydrogens (tertiary/aromatic N) is 3. The van der Waals surface area contributed by atoms with Gasteiger partial charge in [-0.2, -0.15) is 5.10 Å². The van der Waals surface area contributed by atoms with Crippen molar-refractivity contribution in [2.75, 3.05) is 13.7 Å². The van der Waals surface area contributed by atoms with Gasteiger partial charge in [-0.25, -0.2) is 4.39 Å². The van der Waals surface area contributed by atoms with Gasteiger partial charge in [0.15, 0.2) is 17.5 Å². The summed E-state index contributed by atoms with van der Waals surface area (Å²) in [5.74, 6) is 1.25. The number of hydrogen-bond acceptors (Lipinski definition) is 3. The topological polar surface area (TPSA) is 63.5 Å². The van der Waals surface area contributed by atoms with Crippen LogP contribution in [0.2, 0.25) is 0 Å². The van der Waals surface area contributed by atoms with E-state index in [9.17, 15) is 4.39 Å². The molecule has 0 aliphatic heterocycles. The van der Waals surface area contributed by atoms with Gasteiger partial charge in [0.1, 0.15) is 0 Å². The molecule has 1 unspecified atom stereocenters. The van der Waals surface area contributed by atoms with Crippen LogP contribution in [-0.4, -0.2) is 29.4 Å². The fraction of sp³-hybridized carbons (Fsp3) is 0.474. The first-order valence-corrected chi connectivity index (χ1v) is 8.92. The van der Waals surface area contributed by atoms with E-state index in [2.05, 4.69) is 20.7 Å². The number of rotatable bonds is 7. The van der Waals surface area contributed by atoms with E-state index in [0.717, 1.165) is 11.1 Å². The Bertz CT molecular complexity index is 775. The van der Waals surface area contributed by atoms with Crippen molar-refractivity contribution in [3.63, 3.8) is 0 Å². The molecule has 1 fully saturated rings. The van der Waals surface area contributed by atoms with Crippen LogP contribution >= 0.6 is 24.0 Å². The standard InChI is InChI=1S/C19H26FN5O.HI/c1-13(24-19(21-2)22-9-15-10-23-25(3)11-15)16-6-7-18(17(20)8-16)26-12-14-4-5-14;/h6-8,10-11,13-14H,4-5,9,12H2,1-3H3,(H2,21,22,24);1H. The van der Waals surface area contributed by atoms with Crippen LogP contribution in [0.3, 0.4) is 0 Å². The minimum atomic E-state index is -0.324. The highest BCUT2D eigenvalue weighted by atomic mass is 127. The van der Waals surface area contributed by atoms with Crippen molar-refractivity contribution in [1.82, 2.24) is 20.4 Å². The largest absolute Gasteiger partial charge is 0.490 e. The summed E-state index contributed by atoms with van der Waals surface area (Å²) in [5, 5.41) is 10.6. The van der Waals surface area contributed by atoms with Crippen molar-refractivity contribution in [2.24, 2.45) is 18.0 Å². The number of benzene rings is 1. The number of aromatic nitrogens is 2. The van der Waals surface area contributed by atoms with E-state index in [1.165, 1.54) is 18.9 Å². The summed E-state index contributed by atoms with van der Waals surface area (Å²) < 4.78 is 21.6. The molecule has 1 heterocycles. The number of hydrogen-bond donors (Lipinski definition) is 2. The Morgan fingerprint density at radius 2 is 2.22 bits per heavy atom. The van der Waals surface area contributed by atoms with Gasteiger partial charge in [0.05, 0.1) is 18.8 Å². The van der Waals surface area contributed by atoms with Crippen LogP contribution < -0.4 is 15.4 Å². The second-order valence-electron chi connectivity index (χ2n) is 6.76. The molecule has 1 aliphatic carbocycles. The smallest absolute Gasteiger partial charge is 0.191 e. The van der Waals surface area contributed by atoms with E-state index in [1.807, 2.05) is 26.2 Å². The van der Waals surface area contributed by atoms with E-state index < -0.39 is 0 Å². The van der Waals surface area contributed by atoms with Gasteiger partial charge in [0.25, 0.3) is 0 Å². The van der Waals surface area contributed by atoms with Gasteiger partial charge in [0.2, 0.25) is 0 Å². The maximum atomic E-state index is 14.3. The van der Waals surface area contributed by atoms with Crippen LogP contribution in [0.15, 0.2) is 35.6 Å². The molecule has 0 radical (unpaired) electrons. The van der Waals surface area contributed by atoms with Crippen LogP contribution in [0.5, 0.6) is 5.75 Å². The number of guanidine groups is 1. The Hall–Kier alpha value is -1.84. The molecular weight excluding hydrogens is 460 g/mol. The van der Waals surface area contributed by atoms with Crippen molar-refractivity contribution in [3.8, 4) is 5.75 Å². The predicted octanol–water partition coefficient (Wildman–Crippen LogP) is 3.39. The molecule has 2 aromatic rings. The molecule has 1 atom stereocenters. The quantitative estimate of drug-likeness (QED) is 0.357. The fourth-order valence-corrected chi connectivity index (χ4v) is 2.63. The Labute approximate surface area is 176 Å². The highest BCUT2D eigenvalue weighted by Gasteiger charge is 2.22. The third-order valence-electron chi connectivity index (χ3n) is 4.42. The van der Waals surface area contributed by atoms with Gasteiger partial charge in [0, 0.05) is 32.4 Å². The van der Waals surface area contributed by atoms with Crippen molar-refractivity contribution in [3.05, 3.63) is 47.5 Å². The molecule has 1 saturated carbocycles. The van der Waals surface area contributed by atoms with Crippen molar-refractivity contribution >= 4 is 29.9 Å². The summed E-state index contributed by atoms with van der Waals surface area (Å²) >= 11 is 0. The van der Waals surface area contributed by atoms with E-state index >= 15 is 0 Å². The van der Waals surface area contributed by atoms with Gasteiger partial charge in [-0.15, -0.1) is 24.0 Å². The molecule has 1 aliphatic rings. The van der Waals surface area contributed by atoms with Crippen molar-refractivity contribution in [1.29, 1.82) is 0 Å². The van der Waals surface area contributed by atoms with E-state index in [0.29, 0.717) is 30.8 Å². The molecule has 148 valence electrons. The van der Waals surface area contributed by atoms with Crippen LogP contribution in [0.4, 0.5) is 4.39 Å². The average Bonchev–Trinajstić information content (AvgIpc) is 3.37. The van der Waals surface area contributed by atoms with Crippen LogP contribution in [0, 0.1) is 11.7 Å². The second-order valence-corrected chi connectivity index (χ2v) is 6.76. The Kier molecular flexibility index (Phi) is 7.88. The van der Waals surface area contributed by atoms with Gasteiger partial charge < -0.3 is 15.4 Å². The number of nitrogens with one attached hydrogen (secondary N) is 2. The summed E-state index contributed by atoms with van der Waals surface area (Å²) in [6.45, 7) is 3.19. The van der Waals surface area contributed by atoms with Crippen molar-refractivity contribution in [2.45, 2.75) is 32.4 Å². The normalized spacial score (nSPS) is 15.0. The molecule has 6 nitrogen and oxygen atoms in total. The fourth-order valence-electron chi connectivity index (χ4n) is 2.63. The molecule has 8 heteroatoms. The van der Waals surface area contributed by atoms with Crippen molar-refractivity contribution < 1.29 is 9.13 Å². The minimum Gasteiger partial charge on any atom is -0.490 e. The van der Waals surface area contributed by atoms with Gasteiger partial charge >= 0.3 is 0 Å². The van der Waals surface area contributed by atoms with E-state index in [4.69, 9.17) is 4.74 Å². The third-order valence-corrected chi connectivity index (χ3v) is 4.42. The molecule has 1 aromatic heterocycles. The van der Waals surface area contributed by atoms with Crippen LogP contribution in [-0.2, 0) is 13.6 Å². The van der Waals surface area contributed by atoms with E-state index in [-0.39, 0.29) is 35.8 Å². The zero-order valence-corrected chi connectivity index (χ0v) is 18.2. The van der Waals surface area contributed by atoms with Crippen LogP contribution in [0.25, 0.3) is 0 Å². The second kappa shape index (κ2) is 9.91. The van der Waals surface area contributed by atoms with Crippen LogP contribution in [0.1, 0.15) is 36.9 Å². The number of halogens is 2. The molecule has 0 spiro atoms. The maximum Gasteiger partial charge on any atom is 0.191 e. The molecule has 0 amide bonds. The first-order valence-electron chi connectivity index (χ1n) is 8.92. The summed E-state index contributed by atoms with van der Waals surface area (Å²) in [5.41, 5.74) is 1.90. The predicted molar refractivity (Wildman–Crippen MR) is 115 cm³/mol. The summed E-state index contributed by atoms with van der Waals surface area (Å²) in [7, 11) is 3.59. The minimum absolute atomic E-state index is 0. The molecule has 3 rings (SSSR count). The molecule has 1 aromatic carbocycles. The van der Waals surface area contributed by atoms with Gasteiger partial charge in [-0.05, 0) is 43.4 Å². The molecule has 27 heavy (non-hydrogen) atoms. The average molecular weight is 487 g/mol. The zero-order valence-electron chi connectivity index (χ0n) is 15.9. The Balaban J connectivity index is 0.00000261. The summed E-state index contributed by atoms with van der Waals surface area (Å²) in [6, 6.07) is 5.02. The molecular formula is C19H27FIN5O. The third kappa shape index (κ3) is 6.37. The lowest BCUT2D eigenvalue weighted by Crippen LogP contribution is -2.38. The lowest BCUT2D eigenvalue weighted by Gasteiger charge is -2.19. The molecule has 2 N–H and O–H groups in total. The van der Waals surface area contributed by atoms with Gasteiger partial charge in [-0.3, -0.25) is 9.67 Å². The number of ether oxygens (including phenoxy) is 1. The number of aliphatic imine (C=N–C) groups is 1. The molecule has 0 saturated heterocycles. The Morgan fingerprint density at radius 3 is 2.81 bits per heavy atom. The summed E-state index contributed by atoms with van der Waals surface area (Å²) in [6.07, 6.45) is 6.12. The van der Waals surface area contributed by atoms with E-state index in [1.54, 1.807) is 24.0 Å². The molecule has 0 bridgehead atoms. The first-order chi connectivity index (χ1) is 12.5. The summed E-state index contributed by atoms with van der Waals surface area (Å²) in [4.78, 5) is 4.22. The first kappa shape index (κ1) is 21.5. The lowest BCUT2D eigenvalue weighted by atomic mass is 10.1. The highest BCUT2D eigenvalue weighted by Crippen LogP contribution is 2.30. The SMILES string of the molecule is CN=C(NCc1cnn(C)c1)NC(C)c1ccc(OCC2CC2)c(F)c1.I. The Morgan fingerprint density at radius 1 is 1.44 bits per heavy atom. The number of aryl methyl sites for hydroxylation is 1. The lowest BCUT2D eigenvalue weighted by molar-refractivity contribution is 0.285. The highest BCUT2D eigenvalue weighted by molar-refractivity contribution is 14.0.